The minimum atomic E-state index is -0.296. The van der Waals surface area contributed by atoms with E-state index in [1.165, 1.54) is 17.4 Å². The van der Waals surface area contributed by atoms with E-state index < -0.39 is 0 Å². The van der Waals surface area contributed by atoms with Crippen LogP contribution in [0.4, 0.5) is 9.52 Å². The fourth-order valence-corrected chi connectivity index (χ4v) is 3.47. The highest BCUT2D eigenvalue weighted by molar-refractivity contribution is 7.15. The van der Waals surface area contributed by atoms with Crippen molar-refractivity contribution >= 4 is 22.4 Å². The number of anilines is 1. The number of aromatic nitrogens is 1. The number of halogens is 1. The predicted octanol–water partition coefficient (Wildman–Crippen LogP) is 4.92. The van der Waals surface area contributed by atoms with Crippen LogP contribution in [0.2, 0.25) is 0 Å². The van der Waals surface area contributed by atoms with E-state index >= 15 is 0 Å². The van der Waals surface area contributed by atoms with Gasteiger partial charge in [0.05, 0.1) is 13.2 Å². The van der Waals surface area contributed by atoms with Crippen molar-refractivity contribution in [2.24, 2.45) is 0 Å². The summed E-state index contributed by atoms with van der Waals surface area (Å²) in [7, 11) is 0. The highest BCUT2D eigenvalue weighted by Gasteiger charge is 2.14. The Morgan fingerprint density at radius 2 is 1.86 bits per heavy atom. The maximum absolute atomic E-state index is 13.8. The third kappa shape index (κ3) is 4.86. The number of hydrogen-bond acceptors (Lipinski definition) is 5. The molecule has 0 spiro atoms. The van der Waals surface area contributed by atoms with Crippen molar-refractivity contribution in [1.82, 2.24) is 4.98 Å². The molecule has 0 unspecified atom stereocenters. The minimum Gasteiger partial charge on any atom is -0.490 e. The van der Waals surface area contributed by atoms with E-state index in [0.29, 0.717) is 47.4 Å². The second kappa shape index (κ2) is 9.32. The fourth-order valence-electron chi connectivity index (χ4n) is 2.64. The van der Waals surface area contributed by atoms with Crippen molar-refractivity contribution < 1.29 is 18.7 Å². The minimum absolute atomic E-state index is 0.251. The van der Waals surface area contributed by atoms with Crippen LogP contribution in [-0.2, 0) is 6.42 Å². The Hall–Kier alpha value is -2.93. The molecule has 7 heteroatoms. The molecule has 0 bridgehead atoms. The number of thiazole rings is 1. The monoisotopic (exact) mass is 400 g/mol. The van der Waals surface area contributed by atoms with Crippen LogP contribution in [0.3, 0.4) is 0 Å². The third-order valence-electron chi connectivity index (χ3n) is 3.90. The van der Waals surface area contributed by atoms with Gasteiger partial charge in [0.1, 0.15) is 5.82 Å². The number of rotatable bonds is 8. The summed E-state index contributed by atoms with van der Waals surface area (Å²) in [6.45, 7) is 4.74. The lowest BCUT2D eigenvalue weighted by atomic mass is 10.1. The van der Waals surface area contributed by atoms with Crippen molar-refractivity contribution in [3.8, 4) is 11.5 Å². The molecule has 3 aromatic rings. The lowest BCUT2D eigenvalue weighted by Gasteiger charge is -2.12. The van der Waals surface area contributed by atoms with Crippen molar-refractivity contribution in [2.75, 3.05) is 18.5 Å². The molecule has 1 aromatic heterocycles. The first kappa shape index (κ1) is 19.8. The number of hydrogen-bond donors (Lipinski definition) is 1. The van der Waals surface area contributed by atoms with Gasteiger partial charge in [-0.1, -0.05) is 18.2 Å². The molecule has 5 nitrogen and oxygen atoms in total. The smallest absolute Gasteiger partial charge is 0.257 e. The summed E-state index contributed by atoms with van der Waals surface area (Å²) >= 11 is 1.32. The summed E-state index contributed by atoms with van der Waals surface area (Å²) in [6, 6.07) is 11.7. The number of amides is 1. The molecule has 0 saturated heterocycles. The highest BCUT2D eigenvalue weighted by Crippen LogP contribution is 2.29. The third-order valence-corrected chi connectivity index (χ3v) is 4.81. The molecule has 3 rings (SSSR count). The molecule has 0 aliphatic rings. The number of ether oxygens (including phenoxy) is 2. The van der Waals surface area contributed by atoms with Crippen molar-refractivity contribution in [3.63, 3.8) is 0 Å². The Balaban J connectivity index is 1.70. The standard InChI is InChI=1S/C21H21FN2O3S/c1-3-26-18-10-9-15(12-19(18)27-4-2)20(25)24-21-23-13-16(28-21)11-14-7-5-6-8-17(14)22/h5-10,12-13H,3-4,11H2,1-2H3,(H,23,24,25). The molecule has 1 amide bonds. The summed E-state index contributed by atoms with van der Waals surface area (Å²) in [5.41, 5.74) is 1.04. The first-order valence-electron chi connectivity index (χ1n) is 8.99. The Morgan fingerprint density at radius 3 is 2.61 bits per heavy atom. The molecule has 0 fully saturated rings. The molecule has 0 saturated carbocycles. The summed E-state index contributed by atoms with van der Waals surface area (Å²) < 4.78 is 24.9. The molecule has 0 aliphatic carbocycles. The van der Waals surface area contributed by atoms with Crippen LogP contribution in [0.1, 0.15) is 34.6 Å². The van der Waals surface area contributed by atoms with Gasteiger partial charge in [-0.05, 0) is 43.7 Å². The van der Waals surface area contributed by atoms with E-state index in [9.17, 15) is 9.18 Å². The Morgan fingerprint density at radius 1 is 1.11 bits per heavy atom. The predicted molar refractivity (Wildman–Crippen MR) is 108 cm³/mol. The van der Waals surface area contributed by atoms with Gasteiger partial charge in [-0.25, -0.2) is 9.37 Å². The molecule has 146 valence electrons. The molecule has 1 N–H and O–H groups in total. The lowest BCUT2D eigenvalue weighted by molar-refractivity contribution is 0.102. The van der Waals surface area contributed by atoms with Gasteiger partial charge < -0.3 is 9.47 Å². The Kier molecular flexibility index (Phi) is 6.60. The summed E-state index contributed by atoms with van der Waals surface area (Å²) in [5, 5.41) is 3.24. The summed E-state index contributed by atoms with van der Waals surface area (Å²) in [6.07, 6.45) is 2.08. The Labute approximate surface area is 167 Å². The molecular weight excluding hydrogens is 379 g/mol. The van der Waals surface area contributed by atoms with Gasteiger partial charge in [0.15, 0.2) is 16.6 Å². The first-order valence-corrected chi connectivity index (χ1v) is 9.81. The number of nitrogens with zero attached hydrogens (tertiary/aromatic N) is 1. The largest absolute Gasteiger partial charge is 0.490 e. The molecule has 28 heavy (non-hydrogen) atoms. The van der Waals surface area contributed by atoms with E-state index in [2.05, 4.69) is 10.3 Å². The maximum atomic E-state index is 13.8. The molecular formula is C21H21FN2O3S. The highest BCUT2D eigenvalue weighted by atomic mass is 32.1. The average molecular weight is 400 g/mol. The lowest BCUT2D eigenvalue weighted by Crippen LogP contribution is -2.12. The van der Waals surface area contributed by atoms with Crippen LogP contribution >= 0.6 is 11.3 Å². The molecule has 2 aromatic carbocycles. The quantitative estimate of drug-likeness (QED) is 0.583. The molecule has 1 heterocycles. The second-order valence-corrected chi connectivity index (χ2v) is 7.00. The molecule has 0 atom stereocenters. The van der Waals surface area contributed by atoms with Gasteiger partial charge in [0.25, 0.3) is 5.91 Å². The van der Waals surface area contributed by atoms with E-state index in [1.807, 2.05) is 13.8 Å². The van der Waals surface area contributed by atoms with Gasteiger partial charge in [-0.2, -0.15) is 0 Å². The second-order valence-electron chi connectivity index (χ2n) is 5.88. The fraction of sp³-hybridized carbons (Fsp3) is 0.238. The maximum Gasteiger partial charge on any atom is 0.257 e. The van der Waals surface area contributed by atoms with E-state index in [-0.39, 0.29) is 11.7 Å². The molecule has 0 radical (unpaired) electrons. The van der Waals surface area contributed by atoms with Crippen LogP contribution < -0.4 is 14.8 Å². The van der Waals surface area contributed by atoms with Gasteiger partial charge in [0.2, 0.25) is 0 Å². The first-order chi connectivity index (χ1) is 13.6. The number of benzene rings is 2. The van der Waals surface area contributed by atoms with Gasteiger partial charge in [0, 0.05) is 23.1 Å². The van der Waals surface area contributed by atoms with Crippen molar-refractivity contribution in [1.29, 1.82) is 0 Å². The number of nitrogens with one attached hydrogen (secondary N) is 1. The van der Waals surface area contributed by atoms with Gasteiger partial charge in [-0.15, -0.1) is 11.3 Å². The Bertz CT molecular complexity index is 958. The van der Waals surface area contributed by atoms with Crippen LogP contribution in [0.5, 0.6) is 11.5 Å². The zero-order valence-corrected chi connectivity index (χ0v) is 16.5. The zero-order valence-electron chi connectivity index (χ0n) is 15.7. The van der Waals surface area contributed by atoms with Crippen LogP contribution in [-0.4, -0.2) is 24.1 Å². The van der Waals surface area contributed by atoms with E-state index in [0.717, 1.165) is 4.88 Å². The topological polar surface area (TPSA) is 60.5 Å². The van der Waals surface area contributed by atoms with E-state index in [1.54, 1.807) is 42.6 Å². The molecule has 0 aliphatic heterocycles. The van der Waals surface area contributed by atoms with Crippen LogP contribution in [0.25, 0.3) is 0 Å². The number of carbonyl (C=O) groups is 1. The summed E-state index contributed by atoms with van der Waals surface area (Å²) in [4.78, 5) is 17.6. The SMILES string of the molecule is CCOc1ccc(C(=O)Nc2ncc(Cc3ccccc3F)s2)cc1OCC. The average Bonchev–Trinajstić information content (AvgIpc) is 3.12. The van der Waals surface area contributed by atoms with Crippen LogP contribution in [0.15, 0.2) is 48.7 Å². The number of carbonyl (C=O) groups excluding carboxylic acids is 1. The van der Waals surface area contributed by atoms with Gasteiger partial charge in [-0.3, -0.25) is 10.1 Å². The van der Waals surface area contributed by atoms with E-state index in [4.69, 9.17) is 9.47 Å². The van der Waals surface area contributed by atoms with Crippen molar-refractivity contribution in [3.05, 3.63) is 70.5 Å². The van der Waals surface area contributed by atoms with Gasteiger partial charge >= 0.3 is 0 Å². The summed E-state index contributed by atoms with van der Waals surface area (Å²) in [5.74, 6) is 0.578. The van der Waals surface area contributed by atoms with Crippen LogP contribution in [0, 0.1) is 5.82 Å². The normalized spacial score (nSPS) is 10.5. The zero-order chi connectivity index (χ0) is 19.9. The van der Waals surface area contributed by atoms with Crippen molar-refractivity contribution in [2.45, 2.75) is 20.3 Å².